The van der Waals surface area contributed by atoms with Gasteiger partial charge in [0.15, 0.2) is 5.82 Å². The zero-order valence-corrected chi connectivity index (χ0v) is 10.5. The maximum atomic E-state index is 9.39. The van der Waals surface area contributed by atoms with Crippen LogP contribution >= 0.6 is 0 Å². The summed E-state index contributed by atoms with van der Waals surface area (Å²) in [7, 11) is 0. The third-order valence-corrected chi connectivity index (χ3v) is 2.81. The number of rotatable bonds is 3. The smallest absolute Gasteiger partial charge is 0.258 e. The SMILES string of the molecule is Nc1cc(-c2nc(Cc3ccccn3)no2)ccc1O. The van der Waals surface area contributed by atoms with Crippen molar-refractivity contribution in [2.24, 2.45) is 0 Å². The normalized spacial score (nSPS) is 10.6. The van der Waals surface area contributed by atoms with Crippen molar-refractivity contribution in [1.82, 2.24) is 15.1 Å². The third-order valence-electron chi connectivity index (χ3n) is 2.81. The Bertz CT molecular complexity index is 725. The molecule has 6 heteroatoms. The molecule has 3 N–H and O–H groups in total. The quantitative estimate of drug-likeness (QED) is 0.557. The van der Waals surface area contributed by atoms with Crippen molar-refractivity contribution < 1.29 is 9.63 Å². The first kappa shape index (κ1) is 12.2. The second-order valence-corrected chi connectivity index (χ2v) is 4.29. The van der Waals surface area contributed by atoms with E-state index in [1.54, 1.807) is 18.3 Å². The highest BCUT2D eigenvalue weighted by Crippen LogP contribution is 2.26. The van der Waals surface area contributed by atoms with Crippen LogP contribution < -0.4 is 5.73 Å². The van der Waals surface area contributed by atoms with E-state index in [1.165, 1.54) is 6.07 Å². The van der Waals surface area contributed by atoms with Crippen LogP contribution in [0.1, 0.15) is 11.5 Å². The number of benzene rings is 1. The number of nitrogen functional groups attached to an aromatic ring is 1. The molecular formula is C14H12N4O2. The van der Waals surface area contributed by atoms with Crippen LogP contribution in [0.15, 0.2) is 47.1 Å². The highest BCUT2D eigenvalue weighted by atomic mass is 16.5. The Balaban J connectivity index is 1.84. The molecule has 0 spiro atoms. The van der Waals surface area contributed by atoms with Gasteiger partial charge in [0.05, 0.1) is 12.1 Å². The number of phenolic OH excluding ortho intramolecular Hbond substituents is 1. The maximum Gasteiger partial charge on any atom is 0.258 e. The third kappa shape index (κ3) is 2.44. The summed E-state index contributed by atoms with van der Waals surface area (Å²) in [6.07, 6.45) is 2.22. The van der Waals surface area contributed by atoms with E-state index in [-0.39, 0.29) is 11.4 Å². The van der Waals surface area contributed by atoms with Gasteiger partial charge in [0, 0.05) is 17.5 Å². The van der Waals surface area contributed by atoms with E-state index in [2.05, 4.69) is 15.1 Å². The van der Waals surface area contributed by atoms with E-state index in [0.717, 1.165) is 5.69 Å². The lowest BCUT2D eigenvalue weighted by atomic mass is 10.2. The van der Waals surface area contributed by atoms with Crippen LogP contribution in [0.2, 0.25) is 0 Å². The van der Waals surface area contributed by atoms with Crippen LogP contribution in [0.3, 0.4) is 0 Å². The molecule has 0 radical (unpaired) electrons. The molecular weight excluding hydrogens is 256 g/mol. The molecule has 0 atom stereocenters. The standard InChI is InChI=1S/C14H12N4O2/c15-11-7-9(4-5-12(11)19)14-17-13(18-20-14)8-10-3-1-2-6-16-10/h1-7,19H,8,15H2. The highest BCUT2D eigenvalue weighted by Gasteiger charge is 2.11. The first-order valence-corrected chi connectivity index (χ1v) is 6.04. The molecule has 0 saturated carbocycles. The summed E-state index contributed by atoms with van der Waals surface area (Å²) in [5, 5.41) is 13.3. The Morgan fingerprint density at radius 2 is 2.10 bits per heavy atom. The van der Waals surface area contributed by atoms with E-state index < -0.39 is 0 Å². The lowest BCUT2D eigenvalue weighted by molar-refractivity contribution is 0.423. The minimum Gasteiger partial charge on any atom is -0.506 e. The number of anilines is 1. The van der Waals surface area contributed by atoms with Gasteiger partial charge >= 0.3 is 0 Å². The fraction of sp³-hybridized carbons (Fsp3) is 0.0714. The van der Waals surface area contributed by atoms with Gasteiger partial charge in [0.25, 0.3) is 5.89 Å². The van der Waals surface area contributed by atoms with Gasteiger partial charge in [-0.25, -0.2) is 0 Å². The zero-order chi connectivity index (χ0) is 13.9. The van der Waals surface area contributed by atoms with Crippen LogP contribution in [-0.4, -0.2) is 20.2 Å². The summed E-state index contributed by atoms with van der Waals surface area (Å²) in [5.41, 5.74) is 7.44. The van der Waals surface area contributed by atoms with E-state index in [0.29, 0.717) is 23.7 Å². The summed E-state index contributed by atoms with van der Waals surface area (Å²) in [5.74, 6) is 0.940. The van der Waals surface area contributed by atoms with E-state index in [9.17, 15) is 5.11 Å². The molecule has 0 amide bonds. The molecule has 3 aromatic rings. The number of hydrogen-bond donors (Lipinski definition) is 2. The summed E-state index contributed by atoms with van der Waals surface area (Å²) < 4.78 is 5.19. The van der Waals surface area contributed by atoms with Crippen molar-refractivity contribution in [3.05, 3.63) is 54.1 Å². The Morgan fingerprint density at radius 3 is 2.85 bits per heavy atom. The number of pyridine rings is 1. The molecule has 2 heterocycles. The fourth-order valence-corrected chi connectivity index (χ4v) is 1.80. The Labute approximate surface area is 114 Å². The monoisotopic (exact) mass is 268 g/mol. The van der Waals surface area contributed by atoms with Crippen LogP contribution in [0.25, 0.3) is 11.5 Å². The van der Waals surface area contributed by atoms with E-state index in [4.69, 9.17) is 10.3 Å². The Hall–Kier alpha value is -2.89. The first-order valence-electron chi connectivity index (χ1n) is 6.04. The summed E-state index contributed by atoms with van der Waals surface area (Å²) in [4.78, 5) is 8.50. The number of aromatic hydroxyl groups is 1. The number of hydrogen-bond acceptors (Lipinski definition) is 6. The van der Waals surface area contributed by atoms with Crippen molar-refractivity contribution >= 4 is 5.69 Å². The van der Waals surface area contributed by atoms with Gasteiger partial charge in [-0.1, -0.05) is 11.2 Å². The van der Waals surface area contributed by atoms with E-state index in [1.807, 2.05) is 18.2 Å². The maximum absolute atomic E-state index is 9.39. The van der Waals surface area contributed by atoms with Gasteiger partial charge in [-0.2, -0.15) is 4.98 Å². The van der Waals surface area contributed by atoms with E-state index >= 15 is 0 Å². The summed E-state index contributed by atoms with van der Waals surface area (Å²) in [6, 6.07) is 10.4. The number of nitrogens with two attached hydrogens (primary N) is 1. The van der Waals surface area contributed by atoms with Crippen molar-refractivity contribution in [3.8, 4) is 17.2 Å². The zero-order valence-electron chi connectivity index (χ0n) is 10.5. The molecule has 0 aliphatic rings. The minimum atomic E-state index is 0.0296. The second kappa shape index (κ2) is 5.00. The van der Waals surface area contributed by atoms with Gasteiger partial charge in [-0.3, -0.25) is 4.98 Å². The molecule has 0 saturated heterocycles. The molecule has 0 fully saturated rings. The number of aromatic nitrogens is 3. The van der Waals surface area contributed by atoms with Gasteiger partial charge in [0.2, 0.25) is 0 Å². The molecule has 0 unspecified atom stereocenters. The Kier molecular flexibility index (Phi) is 3.04. The average molecular weight is 268 g/mol. The molecule has 0 aliphatic heterocycles. The molecule has 2 aromatic heterocycles. The van der Waals surface area contributed by atoms with Gasteiger partial charge < -0.3 is 15.4 Å². The molecule has 0 aliphatic carbocycles. The largest absolute Gasteiger partial charge is 0.506 e. The summed E-state index contributed by atoms with van der Waals surface area (Å²) in [6.45, 7) is 0. The second-order valence-electron chi connectivity index (χ2n) is 4.29. The lowest BCUT2D eigenvalue weighted by Crippen LogP contribution is -1.93. The predicted molar refractivity (Wildman–Crippen MR) is 72.9 cm³/mol. The molecule has 6 nitrogen and oxygen atoms in total. The van der Waals surface area contributed by atoms with Crippen molar-refractivity contribution in [2.75, 3.05) is 5.73 Å². The van der Waals surface area contributed by atoms with Gasteiger partial charge in [-0.05, 0) is 30.3 Å². The predicted octanol–water partition coefficient (Wildman–Crippen LogP) is 2.01. The van der Waals surface area contributed by atoms with Crippen LogP contribution in [0.5, 0.6) is 5.75 Å². The van der Waals surface area contributed by atoms with Crippen LogP contribution in [0.4, 0.5) is 5.69 Å². The Morgan fingerprint density at radius 1 is 1.20 bits per heavy atom. The fourth-order valence-electron chi connectivity index (χ4n) is 1.80. The van der Waals surface area contributed by atoms with Crippen molar-refractivity contribution in [2.45, 2.75) is 6.42 Å². The average Bonchev–Trinajstić information content (AvgIpc) is 2.91. The number of nitrogens with zero attached hydrogens (tertiary/aromatic N) is 3. The number of phenols is 1. The molecule has 1 aromatic carbocycles. The van der Waals surface area contributed by atoms with Gasteiger partial charge in [0.1, 0.15) is 5.75 Å². The van der Waals surface area contributed by atoms with Gasteiger partial charge in [-0.15, -0.1) is 0 Å². The molecule has 20 heavy (non-hydrogen) atoms. The van der Waals surface area contributed by atoms with Crippen LogP contribution in [-0.2, 0) is 6.42 Å². The highest BCUT2D eigenvalue weighted by molar-refractivity contribution is 5.64. The van der Waals surface area contributed by atoms with Crippen molar-refractivity contribution in [3.63, 3.8) is 0 Å². The lowest BCUT2D eigenvalue weighted by Gasteiger charge is -1.99. The topological polar surface area (TPSA) is 98.1 Å². The molecule has 100 valence electrons. The van der Waals surface area contributed by atoms with Crippen LogP contribution in [0, 0.1) is 0 Å². The van der Waals surface area contributed by atoms with Crippen molar-refractivity contribution in [1.29, 1.82) is 0 Å². The molecule has 0 bridgehead atoms. The molecule has 3 rings (SSSR count). The first-order chi connectivity index (χ1) is 9.72. The minimum absolute atomic E-state index is 0.0296. The summed E-state index contributed by atoms with van der Waals surface area (Å²) >= 11 is 0.